The molecule has 0 radical (unpaired) electrons. The van der Waals surface area contributed by atoms with Crippen LogP contribution >= 0.6 is 31.9 Å². The molecule has 0 N–H and O–H groups in total. The maximum absolute atomic E-state index is 6.36. The van der Waals surface area contributed by atoms with E-state index in [4.69, 9.17) is 9.47 Å². The molecule has 0 saturated carbocycles. The number of hydrogen-bond acceptors (Lipinski definition) is 2. The molecule has 4 heteroatoms. The van der Waals surface area contributed by atoms with Gasteiger partial charge in [0.1, 0.15) is 23.0 Å². The Bertz CT molecular complexity index is 1200. The Balaban J connectivity index is 0.00000193. The molecule has 0 saturated heterocycles. The van der Waals surface area contributed by atoms with E-state index in [1.54, 1.807) is 0 Å². The van der Waals surface area contributed by atoms with Gasteiger partial charge < -0.3 is 9.47 Å². The van der Waals surface area contributed by atoms with Crippen LogP contribution in [0.5, 0.6) is 23.0 Å². The van der Waals surface area contributed by atoms with Crippen molar-refractivity contribution in [2.75, 3.05) is 0 Å². The Kier molecular flexibility index (Phi) is 4.53. The quantitative estimate of drug-likeness (QED) is 0.199. The lowest BCUT2D eigenvalue weighted by Crippen LogP contribution is -2.36. The second-order valence-corrected chi connectivity index (χ2v) is 9.06. The van der Waals surface area contributed by atoms with Gasteiger partial charge in [0, 0.05) is 31.2 Å². The highest BCUT2D eigenvalue weighted by Crippen LogP contribution is 2.61. The molecule has 0 aliphatic carbocycles. The van der Waals surface area contributed by atoms with E-state index in [9.17, 15) is 0 Å². The predicted octanol–water partition coefficient (Wildman–Crippen LogP) is 8.44. The first-order valence-corrected chi connectivity index (χ1v) is 10.9. The summed E-state index contributed by atoms with van der Waals surface area (Å²) in [7, 11) is 0. The van der Waals surface area contributed by atoms with Crippen LogP contribution in [0.4, 0.5) is 0 Å². The van der Waals surface area contributed by atoms with Crippen LogP contribution in [-0.4, -0.2) is 0 Å². The van der Waals surface area contributed by atoms with Crippen LogP contribution < -0.4 is 9.47 Å². The van der Waals surface area contributed by atoms with Gasteiger partial charge in [-0.15, -0.1) is 0 Å². The molecule has 2 heterocycles. The van der Waals surface area contributed by atoms with Gasteiger partial charge in [-0.25, -0.2) is 0 Å². The zero-order valence-electron chi connectivity index (χ0n) is 15.2. The normalized spacial score (nSPS) is 14.2. The number of rotatable bonds is 0. The molecule has 0 bridgehead atoms. The Morgan fingerprint density at radius 3 is 1.37 bits per heavy atom. The molecule has 2 nitrogen and oxygen atoms in total. The Labute approximate surface area is 192 Å². The molecule has 2 aliphatic heterocycles. The molecule has 1 spiro atoms. The molecular weight excluding hydrogens is 504 g/mol. The third-order valence-electron chi connectivity index (χ3n) is 5.71. The molecule has 0 aromatic heterocycles. The van der Waals surface area contributed by atoms with Crippen molar-refractivity contribution in [1.29, 1.82) is 0 Å². The minimum atomic E-state index is -0.540. The summed E-state index contributed by atoms with van der Waals surface area (Å²) < 4.78 is 14.7. The van der Waals surface area contributed by atoms with E-state index >= 15 is 0 Å². The monoisotopic (exact) mass is 520 g/mol. The van der Waals surface area contributed by atoms with Crippen molar-refractivity contribution < 1.29 is 9.47 Å². The molecule has 4 aromatic rings. The zero-order valence-corrected chi connectivity index (χ0v) is 18.3. The summed E-state index contributed by atoms with van der Waals surface area (Å²) in [5, 5.41) is 0. The van der Waals surface area contributed by atoms with Crippen molar-refractivity contribution >= 4 is 31.9 Å². The topological polar surface area (TPSA) is 18.5 Å². The highest BCUT2D eigenvalue weighted by molar-refractivity contribution is 9.10. The SMILES string of the molecule is Brc1ccc2c(c1)C1(c3ccccc3Oc3ccccc31)c1cc(Br)ccc1O2.C. The van der Waals surface area contributed by atoms with E-state index in [2.05, 4.69) is 68.3 Å². The van der Waals surface area contributed by atoms with Crippen molar-refractivity contribution in [2.24, 2.45) is 0 Å². The van der Waals surface area contributed by atoms with Crippen LogP contribution in [0.3, 0.4) is 0 Å². The fourth-order valence-corrected chi connectivity index (χ4v) is 5.33. The average Bonchev–Trinajstić information content (AvgIpc) is 2.74. The number of ether oxygens (including phenoxy) is 2. The summed E-state index contributed by atoms with van der Waals surface area (Å²) in [4.78, 5) is 0. The highest BCUT2D eigenvalue weighted by Gasteiger charge is 2.50. The minimum Gasteiger partial charge on any atom is -0.457 e. The van der Waals surface area contributed by atoms with E-state index in [1.807, 2.05) is 48.5 Å². The van der Waals surface area contributed by atoms with Gasteiger partial charge >= 0.3 is 0 Å². The molecular formula is C26H18Br2O2. The van der Waals surface area contributed by atoms with Gasteiger partial charge in [0.2, 0.25) is 0 Å². The summed E-state index contributed by atoms with van der Waals surface area (Å²) in [6.07, 6.45) is 0. The van der Waals surface area contributed by atoms with Gasteiger partial charge in [-0.3, -0.25) is 0 Å². The fraction of sp³-hybridized carbons (Fsp3) is 0.0769. The fourth-order valence-electron chi connectivity index (χ4n) is 4.61. The van der Waals surface area contributed by atoms with Crippen molar-refractivity contribution in [3.8, 4) is 23.0 Å². The minimum absolute atomic E-state index is 0. The van der Waals surface area contributed by atoms with Crippen LogP contribution in [-0.2, 0) is 5.41 Å². The second kappa shape index (κ2) is 7.00. The van der Waals surface area contributed by atoms with Crippen molar-refractivity contribution in [3.63, 3.8) is 0 Å². The Hall–Kier alpha value is -2.56. The van der Waals surface area contributed by atoms with Gasteiger partial charge in [-0.1, -0.05) is 75.7 Å². The first-order chi connectivity index (χ1) is 14.2. The third-order valence-corrected chi connectivity index (χ3v) is 6.70. The third kappa shape index (κ3) is 2.53. The standard InChI is InChI=1S/C25H14Br2O2.CH4/c26-15-9-11-23-19(13-15)25(20-14-16(27)10-12-24(20)29-23)17-5-1-3-7-21(17)28-22-8-4-2-6-18(22)25;/h1-14H;1H4. The molecule has 30 heavy (non-hydrogen) atoms. The van der Waals surface area contributed by atoms with E-state index in [-0.39, 0.29) is 7.43 Å². The number of halogens is 2. The summed E-state index contributed by atoms with van der Waals surface area (Å²) in [6.45, 7) is 0. The van der Waals surface area contributed by atoms with Gasteiger partial charge in [0.25, 0.3) is 0 Å². The van der Waals surface area contributed by atoms with Crippen molar-refractivity contribution in [3.05, 3.63) is 116 Å². The summed E-state index contributed by atoms with van der Waals surface area (Å²) in [5.41, 5.74) is 3.88. The molecule has 0 atom stereocenters. The maximum atomic E-state index is 6.36. The number of fused-ring (bicyclic) bond motifs is 8. The molecule has 0 fully saturated rings. The van der Waals surface area contributed by atoms with E-state index < -0.39 is 5.41 Å². The number of benzene rings is 4. The maximum Gasteiger partial charge on any atom is 0.132 e. The molecule has 0 unspecified atom stereocenters. The van der Waals surface area contributed by atoms with E-state index in [0.717, 1.165) is 54.2 Å². The molecule has 4 aromatic carbocycles. The molecule has 6 rings (SSSR count). The average molecular weight is 522 g/mol. The van der Waals surface area contributed by atoms with Crippen LogP contribution in [0.25, 0.3) is 0 Å². The van der Waals surface area contributed by atoms with Gasteiger partial charge in [0.15, 0.2) is 0 Å². The van der Waals surface area contributed by atoms with E-state index in [0.29, 0.717) is 0 Å². The second-order valence-electron chi connectivity index (χ2n) is 7.23. The van der Waals surface area contributed by atoms with Gasteiger partial charge in [0.05, 0.1) is 5.41 Å². The number of hydrogen-bond donors (Lipinski definition) is 0. The van der Waals surface area contributed by atoms with Crippen LogP contribution in [0.15, 0.2) is 93.9 Å². The van der Waals surface area contributed by atoms with Gasteiger partial charge in [-0.2, -0.15) is 0 Å². The van der Waals surface area contributed by atoms with E-state index in [1.165, 1.54) is 0 Å². The largest absolute Gasteiger partial charge is 0.457 e. The molecule has 2 aliphatic rings. The lowest BCUT2D eigenvalue weighted by molar-refractivity contribution is 0.399. The summed E-state index contributed by atoms with van der Waals surface area (Å²) in [6, 6.07) is 29.0. The Morgan fingerprint density at radius 1 is 0.500 bits per heavy atom. The van der Waals surface area contributed by atoms with Crippen molar-refractivity contribution in [1.82, 2.24) is 0 Å². The van der Waals surface area contributed by atoms with Gasteiger partial charge in [-0.05, 0) is 48.5 Å². The molecule has 0 amide bonds. The smallest absolute Gasteiger partial charge is 0.132 e. The zero-order chi connectivity index (χ0) is 19.6. The van der Waals surface area contributed by atoms with Crippen molar-refractivity contribution in [2.45, 2.75) is 12.8 Å². The lowest BCUT2D eigenvalue weighted by Gasteiger charge is -2.44. The Morgan fingerprint density at radius 2 is 0.900 bits per heavy atom. The predicted molar refractivity (Wildman–Crippen MR) is 127 cm³/mol. The summed E-state index contributed by atoms with van der Waals surface area (Å²) >= 11 is 7.36. The van der Waals surface area contributed by atoms with Crippen LogP contribution in [0.1, 0.15) is 29.7 Å². The molecule has 148 valence electrons. The van der Waals surface area contributed by atoms with Crippen LogP contribution in [0, 0.1) is 0 Å². The van der Waals surface area contributed by atoms with Crippen LogP contribution in [0.2, 0.25) is 0 Å². The summed E-state index contributed by atoms with van der Waals surface area (Å²) in [5.74, 6) is 3.44. The first kappa shape index (κ1) is 19.4. The number of para-hydroxylation sites is 2. The first-order valence-electron chi connectivity index (χ1n) is 9.33. The highest BCUT2D eigenvalue weighted by atomic mass is 79.9. The lowest BCUT2D eigenvalue weighted by atomic mass is 9.62.